The molecule has 6 nitrogen and oxygen atoms in total. The summed E-state index contributed by atoms with van der Waals surface area (Å²) >= 11 is 0. The molecule has 0 radical (unpaired) electrons. The van der Waals surface area contributed by atoms with Crippen molar-refractivity contribution in [3.05, 3.63) is 48.6 Å². The van der Waals surface area contributed by atoms with Crippen LogP contribution < -0.4 is 0 Å². The van der Waals surface area contributed by atoms with Crippen molar-refractivity contribution >= 4 is 17.9 Å². The fourth-order valence-corrected chi connectivity index (χ4v) is 8.63. The lowest BCUT2D eigenvalue weighted by Gasteiger charge is -2.18. The third-order valence-electron chi connectivity index (χ3n) is 13.1. The normalized spacial score (nSPS) is 12.3. The van der Waals surface area contributed by atoms with E-state index in [4.69, 9.17) is 14.2 Å². The molecule has 396 valence electrons. The SMILES string of the molecule is CC/C=C\C/C=C\C/C=C\CCCCCC(=O)OCC(COC(=O)CCCCCCCCCCC/C=C\CCCCCCCC)OC(=O)CCCCCCCCCCCCCCCCCCCC. The van der Waals surface area contributed by atoms with E-state index in [0.29, 0.717) is 19.3 Å². The van der Waals surface area contributed by atoms with Crippen LogP contribution in [0, 0.1) is 0 Å². The molecular formula is C62H112O6. The highest BCUT2D eigenvalue weighted by Crippen LogP contribution is 2.17. The molecule has 0 aliphatic carbocycles. The maximum absolute atomic E-state index is 12.9. The van der Waals surface area contributed by atoms with Gasteiger partial charge in [0.05, 0.1) is 0 Å². The van der Waals surface area contributed by atoms with Gasteiger partial charge in [-0.25, -0.2) is 0 Å². The van der Waals surface area contributed by atoms with E-state index in [-0.39, 0.29) is 31.1 Å². The molecule has 0 N–H and O–H groups in total. The van der Waals surface area contributed by atoms with Crippen molar-refractivity contribution in [2.75, 3.05) is 13.2 Å². The van der Waals surface area contributed by atoms with E-state index in [1.165, 1.54) is 186 Å². The van der Waals surface area contributed by atoms with Gasteiger partial charge in [-0.3, -0.25) is 14.4 Å². The maximum Gasteiger partial charge on any atom is 0.306 e. The molecule has 0 heterocycles. The molecule has 0 amide bonds. The third kappa shape index (κ3) is 54.3. The number of unbranched alkanes of at least 4 members (excludes halogenated alkanes) is 35. The summed E-state index contributed by atoms with van der Waals surface area (Å²) in [4.78, 5) is 38.2. The van der Waals surface area contributed by atoms with Crippen LogP contribution in [0.3, 0.4) is 0 Å². The highest BCUT2D eigenvalue weighted by molar-refractivity contribution is 5.71. The van der Waals surface area contributed by atoms with E-state index in [1.54, 1.807) is 0 Å². The molecule has 0 fully saturated rings. The van der Waals surface area contributed by atoms with Crippen molar-refractivity contribution in [3.63, 3.8) is 0 Å². The summed E-state index contributed by atoms with van der Waals surface area (Å²) in [6, 6.07) is 0. The van der Waals surface area contributed by atoms with Crippen LogP contribution in [0.2, 0.25) is 0 Å². The van der Waals surface area contributed by atoms with Crippen LogP contribution in [0.1, 0.15) is 310 Å². The standard InChI is InChI=1S/C62H112O6/c1-4-7-10-13-16-19-22-25-27-29-31-33-34-37-40-43-46-49-52-55-61(64)67-58-59(57-66-60(63)54-51-48-45-42-39-36-24-21-18-15-12-9-6-3)68-62(65)56-53-50-47-44-41-38-35-32-30-28-26-23-20-17-14-11-8-5-2/h9,12,18,21,25,27,36,39,59H,4-8,10-11,13-17,19-20,22-24,26,28-35,37-38,40-58H2,1-3H3/b12-9-,21-18-,27-25-,39-36-. The topological polar surface area (TPSA) is 78.9 Å². The van der Waals surface area contributed by atoms with Crippen LogP contribution in [0.15, 0.2) is 48.6 Å². The van der Waals surface area contributed by atoms with Crippen LogP contribution in [0.4, 0.5) is 0 Å². The number of allylic oxidation sites excluding steroid dienone is 8. The molecule has 0 rings (SSSR count). The highest BCUT2D eigenvalue weighted by atomic mass is 16.6. The average molecular weight is 954 g/mol. The first kappa shape index (κ1) is 65.4. The fraction of sp³-hybridized carbons (Fsp3) is 0.823. The van der Waals surface area contributed by atoms with Gasteiger partial charge in [0.15, 0.2) is 6.10 Å². The average Bonchev–Trinajstić information content (AvgIpc) is 3.34. The summed E-state index contributed by atoms with van der Waals surface area (Å²) in [6.45, 7) is 6.54. The van der Waals surface area contributed by atoms with Gasteiger partial charge >= 0.3 is 17.9 Å². The van der Waals surface area contributed by atoms with Gasteiger partial charge in [-0.05, 0) is 77.0 Å². The number of carbonyl (C=O) groups is 3. The quantitative estimate of drug-likeness (QED) is 0.0262. The van der Waals surface area contributed by atoms with Crippen molar-refractivity contribution in [3.8, 4) is 0 Å². The van der Waals surface area contributed by atoms with E-state index in [1.807, 2.05) is 0 Å². The van der Waals surface area contributed by atoms with Gasteiger partial charge in [-0.15, -0.1) is 0 Å². The van der Waals surface area contributed by atoms with Crippen molar-refractivity contribution in [1.29, 1.82) is 0 Å². The van der Waals surface area contributed by atoms with E-state index < -0.39 is 6.10 Å². The van der Waals surface area contributed by atoms with Gasteiger partial charge in [0, 0.05) is 19.3 Å². The van der Waals surface area contributed by atoms with Gasteiger partial charge in [0.2, 0.25) is 0 Å². The Balaban J connectivity index is 4.34. The van der Waals surface area contributed by atoms with Gasteiger partial charge in [-0.2, -0.15) is 0 Å². The second kappa shape index (κ2) is 57.0. The summed E-state index contributed by atoms with van der Waals surface area (Å²) < 4.78 is 16.9. The lowest BCUT2D eigenvalue weighted by molar-refractivity contribution is -0.167. The maximum atomic E-state index is 12.9. The molecule has 0 aromatic carbocycles. The number of carbonyl (C=O) groups excluding carboxylic acids is 3. The van der Waals surface area contributed by atoms with E-state index >= 15 is 0 Å². The molecule has 68 heavy (non-hydrogen) atoms. The Bertz CT molecular complexity index is 1190. The number of ether oxygens (including phenoxy) is 3. The smallest absolute Gasteiger partial charge is 0.306 e. The Labute approximate surface area is 422 Å². The zero-order valence-electron chi connectivity index (χ0n) is 45.4. The van der Waals surface area contributed by atoms with Crippen molar-refractivity contribution in [2.24, 2.45) is 0 Å². The van der Waals surface area contributed by atoms with Crippen molar-refractivity contribution in [2.45, 2.75) is 316 Å². The van der Waals surface area contributed by atoms with Crippen LogP contribution in [-0.2, 0) is 28.6 Å². The molecular weight excluding hydrogens is 841 g/mol. The summed E-state index contributed by atoms with van der Waals surface area (Å²) in [7, 11) is 0. The monoisotopic (exact) mass is 953 g/mol. The molecule has 0 aromatic heterocycles. The summed E-state index contributed by atoms with van der Waals surface area (Å²) in [5.74, 6) is -0.896. The zero-order chi connectivity index (χ0) is 49.3. The molecule has 0 aliphatic rings. The summed E-state index contributed by atoms with van der Waals surface area (Å²) in [6.07, 6.45) is 69.7. The zero-order valence-corrected chi connectivity index (χ0v) is 45.4. The first-order valence-electron chi connectivity index (χ1n) is 29.6. The molecule has 0 spiro atoms. The molecule has 0 saturated heterocycles. The molecule has 1 unspecified atom stereocenters. The van der Waals surface area contributed by atoms with E-state index in [0.717, 1.165) is 83.5 Å². The Kier molecular flexibility index (Phi) is 54.8. The van der Waals surface area contributed by atoms with Crippen LogP contribution in [-0.4, -0.2) is 37.2 Å². The van der Waals surface area contributed by atoms with Gasteiger partial charge < -0.3 is 14.2 Å². The Hall–Kier alpha value is -2.63. The van der Waals surface area contributed by atoms with Crippen LogP contribution >= 0.6 is 0 Å². The molecule has 6 heteroatoms. The predicted molar refractivity (Wildman–Crippen MR) is 293 cm³/mol. The minimum atomic E-state index is -0.783. The largest absolute Gasteiger partial charge is 0.462 e. The van der Waals surface area contributed by atoms with Crippen LogP contribution in [0.25, 0.3) is 0 Å². The fourth-order valence-electron chi connectivity index (χ4n) is 8.63. The minimum absolute atomic E-state index is 0.0805. The Morgan fingerprint density at radius 1 is 0.309 bits per heavy atom. The van der Waals surface area contributed by atoms with Gasteiger partial charge in [0.25, 0.3) is 0 Å². The molecule has 0 bridgehead atoms. The van der Waals surface area contributed by atoms with E-state index in [2.05, 4.69) is 69.4 Å². The highest BCUT2D eigenvalue weighted by Gasteiger charge is 2.19. The van der Waals surface area contributed by atoms with Crippen molar-refractivity contribution in [1.82, 2.24) is 0 Å². The van der Waals surface area contributed by atoms with Crippen molar-refractivity contribution < 1.29 is 28.6 Å². The number of esters is 3. The number of rotatable bonds is 54. The second-order valence-electron chi connectivity index (χ2n) is 19.9. The first-order valence-corrected chi connectivity index (χ1v) is 29.6. The summed E-state index contributed by atoms with van der Waals surface area (Å²) in [5.41, 5.74) is 0. The number of hydrogen-bond acceptors (Lipinski definition) is 6. The predicted octanol–water partition coefficient (Wildman–Crippen LogP) is 19.8. The number of hydrogen-bond donors (Lipinski definition) is 0. The van der Waals surface area contributed by atoms with Gasteiger partial charge in [-0.1, -0.05) is 262 Å². The Morgan fingerprint density at radius 2 is 0.574 bits per heavy atom. The third-order valence-corrected chi connectivity index (χ3v) is 13.1. The molecule has 0 aromatic rings. The lowest BCUT2D eigenvalue weighted by Crippen LogP contribution is -2.30. The molecule has 1 atom stereocenters. The molecule has 0 saturated carbocycles. The minimum Gasteiger partial charge on any atom is -0.462 e. The first-order chi connectivity index (χ1) is 33.5. The molecule has 0 aliphatic heterocycles. The second-order valence-corrected chi connectivity index (χ2v) is 19.9. The summed E-state index contributed by atoms with van der Waals surface area (Å²) in [5, 5.41) is 0. The lowest BCUT2D eigenvalue weighted by atomic mass is 10.0. The van der Waals surface area contributed by atoms with E-state index in [9.17, 15) is 14.4 Å². The Morgan fingerprint density at radius 3 is 0.926 bits per heavy atom. The van der Waals surface area contributed by atoms with Crippen LogP contribution in [0.5, 0.6) is 0 Å². The van der Waals surface area contributed by atoms with Gasteiger partial charge in [0.1, 0.15) is 13.2 Å².